The highest BCUT2D eigenvalue weighted by atomic mass is 15.3. The van der Waals surface area contributed by atoms with Crippen LogP contribution < -0.4 is 0 Å². The Bertz CT molecular complexity index is 429. The van der Waals surface area contributed by atoms with Crippen molar-refractivity contribution >= 4 is 5.65 Å². The zero-order chi connectivity index (χ0) is 8.72. The average Bonchev–Trinajstić information content (AvgIpc) is 2.28. The van der Waals surface area contributed by atoms with E-state index in [-0.39, 0.29) is 0 Å². The van der Waals surface area contributed by atoms with Crippen molar-refractivity contribution in [1.82, 2.24) is 14.6 Å². The molecule has 0 aliphatic heterocycles. The Hall–Kier alpha value is -1.38. The first-order valence-electron chi connectivity index (χ1n) is 3.97. The molecular weight excluding hydrogens is 150 g/mol. The molecule has 0 aliphatic carbocycles. The van der Waals surface area contributed by atoms with Crippen LogP contribution in [0.1, 0.15) is 17.0 Å². The number of hydrogen-bond acceptors (Lipinski definition) is 2. The van der Waals surface area contributed by atoms with Crippen LogP contribution in [0.15, 0.2) is 12.3 Å². The molecule has 0 radical (unpaired) electrons. The third kappa shape index (κ3) is 0.897. The maximum Gasteiger partial charge on any atom is 0.154 e. The van der Waals surface area contributed by atoms with Crippen molar-refractivity contribution in [2.75, 3.05) is 0 Å². The average molecular weight is 161 g/mol. The van der Waals surface area contributed by atoms with Crippen LogP contribution in [-0.2, 0) is 0 Å². The van der Waals surface area contributed by atoms with Gasteiger partial charge in [0, 0.05) is 0 Å². The molecule has 0 fully saturated rings. The van der Waals surface area contributed by atoms with E-state index in [1.807, 2.05) is 37.5 Å². The summed E-state index contributed by atoms with van der Waals surface area (Å²) >= 11 is 0. The van der Waals surface area contributed by atoms with Gasteiger partial charge >= 0.3 is 0 Å². The number of aromatic nitrogens is 3. The zero-order valence-corrected chi connectivity index (χ0v) is 7.50. The standard InChI is InChI=1S/C9H11N3/c1-6-4-9-11-7(2)8(3)12(9)10-5-6/h4-5H,1-3H3. The van der Waals surface area contributed by atoms with Crippen LogP contribution in [0.4, 0.5) is 0 Å². The van der Waals surface area contributed by atoms with E-state index in [0.29, 0.717) is 0 Å². The summed E-state index contributed by atoms with van der Waals surface area (Å²) in [6, 6.07) is 2.03. The van der Waals surface area contributed by atoms with Crippen molar-refractivity contribution in [1.29, 1.82) is 0 Å². The summed E-state index contributed by atoms with van der Waals surface area (Å²) in [5.74, 6) is 0. The first-order valence-corrected chi connectivity index (χ1v) is 3.97. The van der Waals surface area contributed by atoms with E-state index in [4.69, 9.17) is 0 Å². The lowest BCUT2D eigenvalue weighted by Crippen LogP contribution is -1.93. The summed E-state index contributed by atoms with van der Waals surface area (Å²) in [6.07, 6.45) is 1.85. The van der Waals surface area contributed by atoms with Crippen LogP contribution in [0.5, 0.6) is 0 Å². The predicted octanol–water partition coefficient (Wildman–Crippen LogP) is 1.65. The highest BCUT2D eigenvalue weighted by Crippen LogP contribution is 2.09. The first kappa shape index (κ1) is 7.28. The van der Waals surface area contributed by atoms with Gasteiger partial charge in [0.15, 0.2) is 5.65 Å². The minimum Gasteiger partial charge on any atom is -0.232 e. The molecule has 2 aromatic heterocycles. The van der Waals surface area contributed by atoms with Crippen LogP contribution in [0, 0.1) is 20.8 Å². The number of hydrogen-bond donors (Lipinski definition) is 0. The topological polar surface area (TPSA) is 30.2 Å². The number of rotatable bonds is 0. The van der Waals surface area contributed by atoms with Crippen molar-refractivity contribution in [3.05, 3.63) is 29.2 Å². The first-order chi connectivity index (χ1) is 5.68. The second-order valence-electron chi connectivity index (χ2n) is 3.09. The Morgan fingerprint density at radius 2 is 2.00 bits per heavy atom. The van der Waals surface area contributed by atoms with E-state index >= 15 is 0 Å². The fourth-order valence-electron chi connectivity index (χ4n) is 1.25. The van der Waals surface area contributed by atoms with Crippen LogP contribution in [-0.4, -0.2) is 14.6 Å². The van der Waals surface area contributed by atoms with Crippen molar-refractivity contribution in [3.8, 4) is 0 Å². The van der Waals surface area contributed by atoms with Gasteiger partial charge in [-0.15, -0.1) is 0 Å². The Morgan fingerprint density at radius 1 is 1.25 bits per heavy atom. The molecule has 2 aromatic rings. The van der Waals surface area contributed by atoms with Gasteiger partial charge in [0.05, 0.1) is 17.6 Å². The molecular formula is C9H11N3. The Balaban J connectivity index is 2.87. The monoisotopic (exact) mass is 161 g/mol. The molecule has 0 saturated heterocycles. The lowest BCUT2D eigenvalue weighted by Gasteiger charge is -1.94. The quantitative estimate of drug-likeness (QED) is 0.588. The predicted molar refractivity (Wildman–Crippen MR) is 47.2 cm³/mol. The molecule has 0 bridgehead atoms. The summed E-state index contributed by atoms with van der Waals surface area (Å²) in [5.41, 5.74) is 4.25. The van der Waals surface area contributed by atoms with Gasteiger partial charge in [0.1, 0.15) is 0 Å². The van der Waals surface area contributed by atoms with E-state index in [1.54, 1.807) is 0 Å². The molecule has 62 valence electrons. The van der Waals surface area contributed by atoms with Crippen molar-refractivity contribution in [2.24, 2.45) is 0 Å². The molecule has 2 rings (SSSR count). The summed E-state index contributed by atoms with van der Waals surface area (Å²) in [7, 11) is 0. The molecule has 0 saturated carbocycles. The third-order valence-electron chi connectivity index (χ3n) is 2.07. The third-order valence-corrected chi connectivity index (χ3v) is 2.07. The SMILES string of the molecule is Cc1cnn2c(C)c(C)nc2c1. The fourth-order valence-corrected chi connectivity index (χ4v) is 1.25. The Labute approximate surface area is 71.1 Å². The maximum atomic E-state index is 4.37. The van der Waals surface area contributed by atoms with Crippen LogP contribution in [0.2, 0.25) is 0 Å². The van der Waals surface area contributed by atoms with Crippen LogP contribution in [0.25, 0.3) is 5.65 Å². The van der Waals surface area contributed by atoms with Gasteiger partial charge in [-0.3, -0.25) is 0 Å². The molecule has 0 spiro atoms. The maximum absolute atomic E-state index is 4.37. The summed E-state index contributed by atoms with van der Waals surface area (Å²) in [4.78, 5) is 4.37. The zero-order valence-electron chi connectivity index (χ0n) is 7.50. The Kier molecular flexibility index (Phi) is 1.40. The second kappa shape index (κ2) is 2.30. The molecule has 0 amide bonds. The van der Waals surface area contributed by atoms with E-state index in [2.05, 4.69) is 10.1 Å². The van der Waals surface area contributed by atoms with Crippen molar-refractivity contribution < 1.29 is 0 Å². The van der Waals surface area contributed by atoms with E-state index < -0.39 is 0 Å². The molecule has 3 nitrogen and oxygen atoms in total. The van der Waals surface area contributed by atoms with Gasteiger partial charge < -0.3 is 0 Å². The lowest BCUT2D eigenvalue weighted by molar-refractivity contribution is 0.888. The Morgan fingerprint density at radius 3 is 2.75 bits per heavy atom. The van der Waals surface area contributed by atoms with Gasteiger partial charge in [0.2, 0.25) is 0 Å². The molecule has 2 heterocycles. The van der Waals surface area contributed by atoms with Crippen LogP contribution >= 0.6 is 0 Å². The minimum atomic E-state index is 0.935. The van der Waals surface area contributed by atoms with Crippen LogP contribution in [0.3, 0.4) is 0 Å². The normalized spacial score (nSPS) is 10.9. The van der Waals surface area contributed by atoms with Crippen molar-refractivity contribution in [3.63, 3.8) is 0 Å². The number of imidazole rings is 1. The molecule has 3 heteroatoms. The smallest absolute Gasteiger partial charge is 0.154 e. The van der Waals surface area contributed by atoms with Gasteiger partial charge in [-0.2, -0.15) is 5.10 Å². The summed E-state index contributed by atoms with van der Waals surface area (Å²) in [5, 5.41) is 4.26. The molecule has 0 aromatic carbocycles. The highest BCUT2D eigenvalue weighted by Gasteiger charge is 2.03. The largest absolute Gasteiger partial charge is 0.232 e. The molecule has 12 heavy (non-hydrogen) atoms. The van der Waals surface area contributed by atoms with Gasteiger partial charge in [0.25, 0.3) is 0 Å². The molecule has 0 aliphatic rings. The van der Waals surface area contributed by atoms with Gasteiger partial charge in [-0.05, 0) is 32.4 Å². The van der Waals surface area contributed by atoms with E-state index in [1.165, 1.54) is 0 Å². The molecule has 0 atom stereocenters. The number of fused-ring (bicyclic) bond motifs is 1. The molecule has 0 unspecified atom stereocenters. The highest BCUT2D eigenvalue weighted by molar-refractivity contribution is 5.42. The summed E-state index contributed by atoms with van der Waals surface area (Å²) < 4.78 is 1.86. The second-order valence-corrected chi connectivity index (χ2v) is 3.09. The van der Waals surface area contributed by atoms with Gasteiger partial charge in [-0.25, -0.2) is 9.50 Å². The lowest BCUT2D eigenvalue weighted by atomic mass is 10.3. The summed E-state index contributed by atoms with van der Waals surface area (Å²) in [6.45, 7) is 6.04. The number of nitrogens with zero attached hydrogens (tertiary/aromatic N) is 3. The van der Waals surface area contributed by atoms with E-state index in [0.717, 1.165) is 22.6 Å². The van der Waals surface area contributed by atoms with Gasteiger partial charge in [-0.1, -0.05) is 0 Å². The fraction of sp³-hybridized carbons (Fsp3) is 0.333. The molecule has 0 N–H and O–H groups in total. The minimum absolute atomic E-state index is 0.935. The van der Waals surface area contributed by atoms with Crippen molar-refractivity contribution in [2.45, 2.75) is 20.8 Å². The number of aryl methyl sites for hydroxylation is 3. The van der Waals surface area contributed by atoms with E-state index in [9.17, 15) is 0 Å².